The van der Waals surface area contributed by atoms with Crippen LogP contribution in [0.4, 0.5) is 0 Å². The summed E-state index contributed by atoms with van der Waals surface area (Å²) in [5, 5.41) is 0. The molecule has 0 saturated heterocycles. The molecule has 0 aliphatic heterocycles. The molecule has 1 rings (SSSR count). The number of methoxy groups -OCH3 is 1. The summed E-state index contributed by atoms with van der Waals surface area (Å²) < 4.78 is 6.19. The number of carbonyl (C=O) groups is 1. The lowest BCUT2D eigenvalue weighted by atomic mass is 10.3. The molecular weight excluding hydrogens is 142 g/mol. The Labute approximate surface area is 64.9 Å². The second-order valence-corrected chi connectivity index (χ2v) is 2.02. The van der Waals surface area contributed by atoms with Crippen molar-refractivity contribution >= 4 is 12.2 Å². The monoisotopic (exact) mass is 151 g/mol. The van der Waals surface area contributed by atoms with E-state index in [0.717, 1.165) is 0 Å². The van der Waals surface area contributed by atoms with Crippen molar-refractivity contribution in [3.8, 4) is 0 Å². The van der Waals surface area contributed by atoms with Crippen LogP contribution in [0, 0.1) is 0 Å². The predicted octanol–water partition coefficient (Wildman–Crippen LogP) is 1.38. The number of rotatable bonds is 2. The quantitative estimate of drug-likeness (QED) is 0.598. The normalized spacial score (nSPS) is 9.18. The standard InChI is InChI=1S/C8H9NO2/c1-3-9-5-4-7(6-9)8(10)11-2/h3-6H,1H2,2H3. The summed E-state index contributed by atoms with van der Waals surface area (Å²) in [5.41, 5.74) is 0.535. The van der Waals surface area contributed by atoms with E-state index in [1.54, 1.807) is 29.2 Å². The molecule has 0 aliphatic carbocycles. The topological polar surface area (TPSA) is 31.2 Å². The highest BCUT2D eigenvalue weighted by Gasteiger charge is 2.04. The van der Waals surface area contributed by atoms with Gasteiger partial charge in [-0.25, -0.2) is 4.79 Å². The first-order chi connectivity index (χ1) is 5.27. The Kier molecular flexibility index (Phi) is 2.11. The minimum atomic E-state index is -0.328. The van der Waals surface area contributed by atoms with E-state index >= 15 is 0 Å². The number of hydrogen-bond acceptors (Lipinski definition) is 2. The Morgan fingerprint density at radius 2 is 2.55 bits per heavy atom. The van der Waals surface area contributed by atoms with Gasteiger partial charge in [-0.1, -0.05) is 6.58 Å². The van der Waals surface area contributed by atoms with E-state index in [4.69, 9.17) is 0 Å². The summed E-state index contributed by atoms with van der Waals surface area (Å²) in [6.45, 7) is 3.54. The van der Waals surface area contributed by atoms with Crippen LogP contribution >= 0.6 is 0 Å². The highest BCUT2D eigenvalue weighted by atomic mass is 16.5. The zero-order valence-electron chi connectivity index (χ0n) is 6.28. The second kappa shape index (κ2) is 3.05. The Balaban J connectivity index is 2.88. The maximum Gasteiger partial charge on any atom is 0.339 e. The lowest BCUT2D eigenvalue weighted by molar-refractivity contribution is 0.0601. The van der Waals surface area contributed by atoms with Gasteiger partial charge in [0.15, 0.2) is 0 Å². The zero-order chi connectivity index (χ0) is 8.27. The summed E-state index contributed by atoms with van der Waals surface area (Å²) >= 11 is 0. The van der Waals surface area contributed by atoms with Crippen LogP contribution in [0.5, 0.6) is 0 Å². The van der Waals surface area contributed by atoms with Crippen LogP contribution in [-0.4, -0.2) is 17.6 Å². The molecule has 0 radical (unpaired) electrons. The van der Waals surface area contributed by atoms with Crippen molar-refractivity contribution in [2.45, 2.75) is 0 Å². The summed E-state index contributed by atoms with van der Waals surface area (Å²) in [7, 11) is 1.35. The maximum atomic E-state index is 10.9. The molecule has 0 unspecified atom stereocenters. The van der Waals surface area contributed by atoms with Gasteiger partial charge in [0.2, 0.25) is 0 Å². The SMILES string of the molecule is C=Cn1ccc(C(=O)OC)c1. The highest BCUT2D eigenvalue weighted by Crippen LogP contribution is 2.02. The molecule has 0 spiro atoms. The second-order valence-electron chi connectivity index (χ2n) is 2.02. The van der Waals surface area contributed by atoms with Gasteiger partial charge in [-0.2, -0.15) is 0 Å². The molecule has 3 nitrogen and oxygen atoms in total. The molecule has 1 aromatic rings. The molecule has 0 aromatic carbocycles. The number of aromatic nitrogens is 1. The van der Waals surface area contributed by atoms with Crippen LogP contribution in [0.3, 0.4) is 0 Å². The van der Waals surface area contributed by atoms with Crippen molar-refractivity contribution in [3.63, 3.8) is 0 Å². The minimum Gasteiger partial charge on any atom is -0.465 e. The Morgan fingerprint density at radius 1 is 1.82 bits per heavy atom. The lowest BCUT2D eigenvalue weighted by Gasteiger charge is -1.92. The molecule has 0 amide bonds. The summed E-state index contributed by atoms with van der Waals surface area (Å²) in [6.07, 6.45) is 4.99. The molecule has 0 fully saturated rings. The number of hydrogen-bond donors (Lipinski definition) is 0. The van der Waals surface area contributed by atoms with Gasteiger partial charge in [-0.15, -0.1) is 0 Å². The number of nitrogens with zero attached hydrogens (tertiary/aromatic N) is 1. The van der Waals surface area contributed by atoms with Gasteiger partial charge in [0, 0.05) is 18.6 Å². The third-order valence-corrected chi connectivity index (χ3v) is 1.35. The van der Waals surface area contributed by atoms with Gasteiger partial charge in [-0.3, -0.25) is 0 Å². The third kappa shape index (κ3) is 1.49. The summed E-state index contributed by atoms with van der Waals surface area (Å²) in [4.78, 5) is 10.9. The fourth-order valence-electron chi connectivity index (χ4n) is 0.765. The fourth-order valence-corrected chi connectivity index (χ4v) is 0.765. The molecular formula is C8H9NO2. The molecule has 11 heavy (non-hydrogen) atoms. The van der Waals surface area contributed by atoms with Crippen molar-refractivity contribution in [2.24, 2.45) is 0 Å². The van der Waals surface area contributed by atoms with Crippen molar-refractivity contribution in [1.82, 2.24) is 4.57 Å². The molecule has 1 aromatic heterocycles. The first-order valence-corrected chi connectivity index (χ1v) is 3.16. The maximum absolute atomic E-state index is 10.9. The van der Waals surface area contributed by atoms with Gasteiger partial charge in [0.25, 0.3) is 0 Å². The van der Waals surface area contributed by atoms with E-state index in [2.05, 4.69) is 11.3 Å². The first-order valence-electron chi connectivity index (χ1n) is 3.16. The summed E-state index contributed by atoms with van der Waals surface area (Å²) in [5.74, 6) is -0.328. The van der Waals surface area contributed by atoms with E-state index in [1.165, 1.54) is 7.11 Å². The van der Waals surface area contributed by atoms with Crippen LogP contribution < -0.4 is 0 Å². The molecule has 0 atom stereocenters. The predicted molar refractivity (Wildman–Crippen MR) is 42.2 cm³/mol. The molecule has 58 valence electrons. The van der Waals surface area contributed by atoms with E-state index in [-0.39, 0.29) is 5.97 Å². The van der Waals surface area contributed by atoms with Gasteiger partial charge >= 0.3 is 5.97 Å². The summed E-state index contributed by atoms with van der Waals surface area (Å²) in [6, 6.07) is 1.67. The molecule has 0 bridgehead atoms. The number of carbonyl (C=O) groups excluding carboxylic acids is 1. The highest BCUT2D eigenvalue weighted by molar-refractivity contribution is 5.89. The Bertz CT molecular complexity index is 275. The Hall–Kier alpha value is -1.51. The van der Waals surface area contributed by atoms with Gasteiger partial charge < -0.3 is 9.30 Å². The molecule has 0 saturated carbocycles. The third-order valence-electron chi connectivity index (χ3n) is 1.35. The molecule has 0 aliphatic rings. The number of esters is 1. The fraction of sp³-hybridized carbons (Fsp3) is 0.125. The van der Waals surface area contributed by atoms with Crippen molar-refractivity contribution in [2.75, 3.05) is 7.11 Å². The van der Waals surface area contributed by atoms with Gasteiger partial charge in [0.1, 0.15) is 0 Å². The van der Waals surface area contributed by atoms with E-state index < -0.39 is 0 Å². The van der Waals surface area contributed by atoms with Crippen LogP contribution in [-0.2, 0) is 4.74 Å². The first kappa shape index (κ1) is 7.60. The smallest absolute Gasteiger partial charge is 0.339 e. The van der Waals surface area contributed by atoms with Crippen LogP contribution in [0.25, 0.3) is 6.20 Å². The van der Waals surface area contributed by atoms with Gasteiger partial charge in [-0.05, 0) is 6.07 Å². The van der Waals surface area contributed by atoms with E-state index in [1.807, 2.05) is 0 Å². The van der Waals surface area contributed by atoms with Crippen molar-refractivity contribution in [3.05, 3.63) is 30.6 Å². The lowest BCUT2D eigenvalue weighted by Crippen LogP contribution is -1.98. The van der Waals surface area contributed by atoms with E-state index in [0.29, 0.717) is 5.56 Å². The number of ether oxygens (including phenoxy) is 1. The van der Waals surface area contributed by atoms with Crippen molar-refractivity contribution < 1.29 is 9.53 Å². The van der Waals surface area contributed by atoms with Crippen molar-refractivity contribution in [1.29, 1.82) is 0 Å². The molecule has 1 heterocycles. The largest absolute Gasteiger partial charge is 0.465 e. The zero-order valence-corrected chi connectivity index (χ0v) is 6.28. The Morgan fingerprint density at radius 3 is 3.00 bits per heavy atom. The molecule has 3 heteroatoms. The van der Waals surface area contributed by atoms with Crippen LogP contribution in [0.2, 0.25) is 0 Å². The van der Waals surface area contributed by atoms with E-state index in [9.17, 15) is 4.79 Å². The average Bonchev–Trinajstić information content (AvgIpc) is 2.50. The van der Waals surface area contributed by atoms with Crippen LogP contribution in [0.15, 0.2) is 25.0 Å². The van der Waals surface area contributed by atoms with Gasteiger partial charge in [0.05, 0.1) is 12.7 Å². The molecule has 0 N–H and O–H groups in total. The minimum absolute atomic E-state index is 0.328. The average molecular weight is 151 g/mol. The van der Waals surface area contributed by atoms with Crippen LogP contribution in [0.1, 0.15) is 10.4 Å².